The van der Waals surface area contributed by atoms with Crippen LogP contribution in [-0.4, -0.2) is 60.8 Å². The first kappa shape index (κ1) is 18.5. The van der Waals surface area contributed by atoms with Gasteiger partial charge in [-0.15, -0.1) is 0 Å². The predicted octanol–water partition coefficient (Wildman–Crippen LogP) is 2.56. The number of para-hydroxylation sites is 1. The van der Waals surface area contributed by atoms with Crippen LogP contribution in [-0.2, 0) is 6.54 Å². The van der Waals surface area contributed by atoms with Crippen molar-refractivity contribution in [3.05, 3.63) is 52.7 Å². The van der Waals surface area contributed by atoms with Crippen LogP contribution in [0.3, 0.4) is 0 Å². The topological polar surface area (TPSA) is 70.1 Å². The van der Waals surface area contributed by atoms with Gasteiger partial charge >= 0.3 is 0 Å². The van der Waals surface area contributed by atoms with Crippen LogP contribution in [0.2, 0.25) is 0 Å². The van der Waals surface area contributed by atoms with Gasteiger partial charge < -0.3 is 4.98 Å². The molecule has 1 aromatic carbocycles. The van der Waals surface area contributed by atoms with Crippen molar-refractivity contribution in [2.45, 2.75) is 57.8 Å². The van der Waals surface area contributed by atoms with Crippen molar-refractivity contribution in [3.63, 3.8) is 0 Å². The number of likely N-dealkylation sites (tertiary alicyclic amines) is 1. The van der Waals surface area contributed by atoms with E-state index in [1.807, 2.05) is 30.3 Å². The molecule has 3 aromatic rings. The van der Waals surface area contributed by atoms with Crippen molar-refractivity contribution in [2.75, 3.05) is 13.1 Å². The zero-order chi connectivity index (χ0) is 20.0. The smallest absolute Gasteiger partial charge is 0.262 e. The summed E-state index contributed by atoms with van der Waals surface area (Å²) < 4.78 is 1.75. The lowest BCUT2D eigenvalue weighted by Gasteiger charge is -2.32. The zero-order valence-electron chi connectivity index (χ0n) is 17.1. The van der Waals surface area contributed by atoms with Crippen LogP contribution in [0, 0.1) is 0 Å². The molecule has 2 unspecified atom stereocenters. The van der Waals surface area contributed by atoms with Crippen LogP contribution in [0.25, 0.3) is 16.7 Å². The van der Waals surface area contributed by atoms with Gasteiger partial charge in [-0.2, -0.15) is 5.10 Å². The Balaban J connectivity index is 1.43. The first-order valence-electron chi connectivity index (χ1n) is 10.6. The summed E-state index contributed by atoms with van der Waals surface area (Å²) in [6, 6.07) is 11.7. The molecule has 1 N–H and O–H groups in total. The summed E-state index contributed by atoms with van der Waals surface area (Å²) in [7, 11) is 0. The van der Waals surface area contributed by atoms with Gasteiger partial charge in [0.25, 0.3) is 5.56 Å². The minimum absolute atomic E-state index is 0.118. The van der Waals surface area contributed by atoms with Crippen LogP contribution >= 0.6 is 0 Å². The molecule has 2 aliphatic rings. The highest BCUT2D eigenvalue weighted by atomic mass is 16.1. The van der Waals surface area contributed by atoms with Crippen LogP contribution in [0.4, 0.5) is 0 Å². The monoisotopic (exact) mass is 392 g/mol. The van der Waals surface area contributed by atoms with Crippen molar-refractivity contribution in [1.29, 1.82) is 0 Å². The Kier molecular flexibility index (Phi) is 4.72. The van der Waals surface area contributed by atoms with Gasteiger partial charge in [-0.3, -0.25) is 14.6 Å². The first-order chi connectivity index (χ1) is 14.1. The average molecular weight is 393 g/mol. The molecule has 0 amide bonds. The van der Waals surface area contributed by atoms with E-state index in [2.05, 4.69) is 33.7 Å². The number of H-pyrrole nitrogens is 1. The second-order valence-corrected chi connectivity index (χ2v) is 8.59. The number of aromatic amines is 1. The lowest BCUT2D eigenvalue weighted by atomic mass is 10.1. The molecule has 0 saturated carbocycles. The standard InChI is InChI=1S/C22H28N6O/c1-15(2)27-16-8-9-18(27)13-26(11-10-16)14-20-24-21-19(22(29)25-20)12-23-28(21)17-6-4-3-5-7-17/h3-7,12,15-16,18H,8-11,13-14H2,1-2H3,(H,24,25,29). The summed E-state index contributed by atoms with van der Waals surface area (Å²) in [5.41, 5.74) is 1.41. The van der Waals surface area contributed by atoms with E-state index in [9.17, 15) is 4.79 Å². The number of hydrogen-bond donors (Lipinski definition) is 1. The Labute approximate surface area is 170 Å². The number of hydrogen-bond acceptors (Lipinski definition) is 5. The molecule has 2 bridgehead atoms. The molecule has 2 aliphatic heterocycles. The lowest BCUT2D eigenvalue weighted by Crippen LogP contribution is -2.43. The molecule has 0 radical (unpaired) electrons. The maximum atomic E-state index is 12.6. The molecule has 0 spiro atoms. The third-order valence-electron chi connectivity index (χ3n) is 6.38. The van der Waals surface area contributed by atoms with Gasteiger partial charge in [-0.25, -0.2) is 9.67 Å². The van der Waals surface area contributed by atoms with Gasteiger partial charge in [-0.1, -0.05) is 18.2 Å². The van der Waals surface area contributed by atoms with Gasteiger partial charge in [0.05, 0.1) is 18.4 Å². The number of aromatic nitrogens is 4. The fraction of sp³-hybridized carbons (Fsp3) is 0.500. The maximum absolute atomic E-state index is 12.6. The normalized spacial score (nSPS) is 23.1. The third-order valence-corrected chi connectivity index (χ3v) is 6.38. The summed E-state index contributed by atoms with van der Waals surface area (Å²) >= 11 is 0. The number of fused-ring (bicyclic) bond motifs is 3. The molecule has 2 atom stereocenters. The summed E-state index contributed by atoms with van der Waals surface area (Å²) in [6.07, 6.45) is 5.36. The van der Waals surface area contributed by atoms with Crippen molar-refractivity contribution < 1.29 is 0 Å². The Morgan fingerprint density at radius 3 is 2.72 bits per heavy atom. The fourth-order valence-corrected chi connectivity index (χ4v) is 5.18. The second-order valence-electron chi connectivity index (χ2n) is 8.59. The molecule has 2 aromatic heterocycles. The highest BCUT2D eigenvalue weighted by Gasteiger charge is 2.38. The zero-order valence-corrected chi connectivity index (χ0v) is 17.1. The maximum Gasteiger partial charge on any atom is 0.262 e. The molecule has 2 saturated heterocycles. The number of benzene rings is 1. The van der Waals surface area contributed by atoms with E-state index < -0.39 is 0 Å². The van der Waals surface area contributed by atoms with Crippen molar-refractivity contribution in [2.24, 2.45) is 0 Å². The van der Waals surface area contributed by atoms with E-state index in [4.69, 9.17) is 4.98 Å². The number of nitrogens with one attached hydrogen (secondary N) is 1. The quantitative estimate of drug-likeness (QED) is 0.739. The molecule has 7 nitrogen and oxygen atoms in total. The Morgan fingerprint density at radius 1 is 1.14 bits per heavy atom. The van der Waals surface area contributed by atoms with Crippen LogP contribution in [0.1, 0.15) is 38.9 Å². The van der Waals surface area contributed by atoms with Gasteiger partial charge in [0.2, 0.25) is 0 Å². The number of nitrogens with zero attached hydrogens (tertiary/aromatic N) is 5. The summed E-state index contributed by atoms with van der Waals surface area (Å²) in [4.78, 5) is 25.6. The minimum atomic E-state index is -0.118. The molecular formula is C22H28N6O. The van der Waals surface area contributed by atoms with Gasteiger partial charge in [0, 0.05) is 31.2 Å². The lowest BCUT2D eigenvalue weighted by molar-refractivity contribution is 0.144. The second kappa shape index (κ2) is 7.39. The Morgan fingerprint density at radius 2 is 1.93 bits per heavy atom. The highest BCUT2D eigenvalue weighted by Crippen LogP contribution is 2.32. The van der Waals surface area contributed by atoms with Crippen molar-refractivity contribution in [3.8, 4) is 5.69 Å². The molecule has 152 valence electrons. The predicted molar refractivity (Wildman–Crippen MR) is 113 cm³/mol. The molecule has 2 fully saturated rings. The van der Waals surface area contributed by atoms with Gasteiger partial charge in [-0.05, 0) is 45.2 Å². The molecule has 7 heteroatoms. The van der Waals surface area contributed by atoms with E-state index in [1.54, 1.807) is 10.9 Å². The highest BCUT2D eigenvalue weighted by molar-refractivity contribution is 5.75. The van der Waals surface area contributed by atoms with E-state index in [-0.39, 0.29) is 5.56 Å². The minimum Gasteiger partial charge on any atom is -0.309 e. The molecule has 4 heterocycles. The summed E-state index contributed by atoms with van der Waals surface area (Å²) in [5, 5.41) is 4.93. The van der Waals surface area contributed by atoms with Crippen molar-refractivity contribution in [1.82, 2.24) is 29.5 Å². The van der Waals surface area contributed by atoms with Crippen molar-refractivity contribution >= 4 is 11.0 Å². The largest absolute Gasteiger partial charge is 0.309 e. The molecule has 29 heavy (non-hydrogen) atoms. The fourth-order valence-electron chi connectivity index (χ4n) is 5.18. The van der Waals surface area contributed by atoms with E-state index >= 15 is 0 Å². The van der Waals surface area contributed by atoms with E-state index in [1.165, 1.54) is 19.3 Å². The summed E-state index contributed by atoms with van der Waals surface area (Å²) in [5.74, 6) is 0.717. The van der Waals surface area contributed by atoms with E-state index in [0.717, 1.165) is 18.8 Å². The van der Waals surface area contributed by atoms with Crippen LogP contribution < -0.4 is 5.56 Å². The Bertz CT molecular complexity index is 1060. The first-order valence-corrected chi connectivity index (χ1v) is 10.6. The van der Waals surface area contributed by atoms with Gasteiger partial charge in [0.15, 0.2) is 5.65 Å². The van der Waals surface area contributed by atoms with Crippen LogP contribution in [0.15, 0.2) is 41.3 Å². The third kappa shape index (κ3) is 3.38. The van der Waals surface area contributed by atoms with Crippen LogP contribution in [0.5, 0.6) is 0 Å². The molecule has 0 aliphatic carbocycles. The van der Waals surface area contributed by atoms with Gasteiger partial charge in [0.1, 0.15) is 11.2 Å². The average Bonchev–Trinajstić information content (AvgIpc) is 3.25. The SMILES string of the molecule is CC(C)N1C2CCC1CN(Cc1nc3c(cnn3-c3ccccc3)c(=O)[nH]1)CC2. The summed E-state index contributed by atoms with van der Waals surface area (Å²) in [6.45, 7) is 7.36. The van der Waals surface area contributed by atoms with E-state index in [0.29, 0.717) is 41.5 Å². The molecular weight excluding hydrogens is 364 g/mol. The Hall–Kier alpha value is -2.51. The molecule has 5 rings (SSSR count). The number of rotatable bonds is 4.